The zero-order valence-corrected chi connectivity index (χ0v) is 17.1. The highest BCUT2D eigenvalue weighted by atomic mass is 16.4. The van der Waals surface area contributed by atoms with Gasteiger partial charge in [-0.25, -0.2) is 0 Å². The number of benzene rings is 1. The molecular formula is C22H21NO9. The standard InChI is InChI=1S/C22H21NO9/c1-6-12-8(7(2)24)3-4-10(25)14(12)18(28)16-13(6)17(27)9-5-11(26)15(21(23)31)19(29)22(9,32)20(16)30/h3-4,6,9,13,17,25-27,30,32H,5H2,1-2H3,(H2,23,31)/t6-,9+,13+,17+,22+/m0/s1. The number of hydrogen-bond donors (Lipinski definition) is 6. The van der Waals surface area contributed by atoms with Gasteiger partial charge in [0.25, 0.3) is 5.91 Å². The van der Waals surface area contributed by atoms with Gasteiger partial charge in [-0.3, -0.25) is 19.2 Å². The molecule has 0 unspecified atom stereocenters. The van der Waals surface area contributed by atoms with Gasteiger partial charge in [-0.15, -0.1) is 0 Å². The van der Waals surface area contributed by atoms with Crippen LogP contribution in [-0.2, 0) is 9.59 Å². The number of aromatic hydroxyl groups is 1. The van der Waals surface area contributed by atoms with Gasteiger partial charge in [0.15, 0.2) is 17.2 Å². The third-order valence-corrected chi connectivity index (χ3v) is 6.86. The number of nitrogens with two attached hydrogens (primary N) is 1. The minimum atomic E-state index is -2.89. The second kappa shape index (κ2) is 6.75. The van der Waals surface area contributed by atoms with E-state index in [4.69, 9.17) is 5.73 Å². The van der Waals surface area contributed by atoms with Crippen molar-refractivity contribution >= 4 is 23.3 Å². The molecule has 0 heterocycles. The second-order valence-corrected chi connectivity index (χ2v) is 8.47. The second-order valence-electron chi connectivity index (χ2n) is 8.47. The first-order valence-electron chi connectivity index (χ1n) is 9.87. The lowest BCUT2D eigenvalue weighted by molar-refractivity contribution is -0.154. The summed E-state index contributed by atoms with van der Waals surface area (Å²) < 4.78 is 0. The van der Waals surface area contributed by atoms with E-state index in [1.807, 2.05) is 0 Å². The first-order valence-corrected chi connectivity index (χ1v) is 9.87. The molecule has 1 amide bonds. The Morgan fingerprint density at radius 1 is 1.16 bits per heavy atom. The number of Topliss-reactive ketones (excluding diaryl/α,β-unsaturated/α-hetero) is 3. The Balaban J connectivity index is 2.03. The molecule has 1 aromatic carbocycles. The molecule has 168 valence electrons. The smallest absolute Gasteiger partial charge is 0.255 e. The molecule has 3 aliphatic rings. The van der Waals surface area contributed by atoms with Crippen LogP contribution in [-0.4, -0.2) is 60.5 Å². The van der Waals surface area contributed by atoms with Gasteiger partial charge < -0.3 is 31.3 Å². The number of primary amides is 1. The van der Waals surface area contributed by atoms with Gasteiger partial charge in [-0.1, -0.05) is 6.92 Å². The highest BCUT2D eigenvalue weighted by Crippen LogP contribution is 2.55. The summed E-state index contributed by atoms with van der Waals surface area (Å²) in [5, 5.41) is 53.9. The third kappa shape index (κ3) is 2.47. The van der Waals surface area contributed by atoms with Crippen LogP contribution >= 0.6 is 0 Å². The van der Waals surface area contributed by atoms with Crippen molar-refractivity contribution in [2.45, 2.75) is 37.9 Å². The van der Waals surface area contributed by atoms with Crippen molar-refractivity contribution < 1.29 is 44.7 Å². The highest BCUT2D eigenvalue weighted by molar-refractivity contribution is 6.24. The Morgan fingerprint density at radius 3 is 2.34 bits per heavy atom. The molecule has 7 N–H and O–H groups in total. The number of carbonyl (C=O) groups is 4. The van der Waals surface area contributed by atoms with Crippen LogP contribution in [0.1, 0.15) is 52.5 Å². The summed E-state index contributed by atoms with van der Waals surface area (Å²) in [4.78, 5) is 50.1. The molecule has 32 heavy (non-hydrogen) atoms. The van der Waals surface area contributed by atoms with E-state index in [1.165, 1.54) is 13.0 Å². The predicted octanol–water partition coefficient (Wildman–Crippen LogP) is 0.315. The van der Waals surface area contributed by atoms with Crippen LogP contribution in [0.5, 0.6) is 5.75 Å². The molecule has 1 aromatic rings. The number of aliphatic hydroxyl groups excluding tert-OH is 3. The summed E-state index contributed by atoms with van der Waals surface area (Å²) in [5.41, 5.74) is 0.845. The van der Waals surface area contributed by atoms with E-state index in [2.05, 4.69) is 0 Å². The molecule has 3 aliphatic carbocycles. The summed E-state index contributed by atoms with van der Waals surface area (Å²) in [7, 11) is 0. The molecule has 0 aliphatic heterocycles. The van der Waals surface area contributed by atoms with Crippen molar-refractivity contribution in [1.82, 2.24) is 0 Å². The van der Waals surface area contributed by atoms with Crippen molar-refractivity contribution in [3.05, 3.63) is 51.5 Å². The molecule has 5 atom stereocenters. The quantitative estimate of drug-likeness (QED) is 0.275. The fraction of sp³-hybridized carbons (Fsp3) is 0.364. The monoisotopic (exact) mass is 443 g/mol. The molecule has 0 aromatic heterocycles. The number of aliphatic hydroxyl groups is 4. The first kappa shape index (κ1) is 21.7. The average molecular weight is 443 g/mol. The lowest BCUT2D eigenvalue weighted by Crippen LogP contribution is -2.62. The molecule has 0 spiro atoms. The highest BCUT2D eigenvalue weighted by Gasteiger charge is 2.64. The Bertz CT molecular complexity index is 1190. The molecule has 0 saturated heterocycles. The zero-order chi connectivity index (χ0) is 23.9. The number of rotatable bonds is 2. The van der Waals surface area contributed by atoms with Crippen LogP contribution in [0, 0.1) is 11.8 Å². The fourth-order valence-corrected chi connectivity index (χ4v) is 5.38. The number of hydrogen-bond acceptors (Lipinski definition) is 9. The topological polar surface area (TPSA) is 195 Å². The van der Waals surface area contributed by atoms with E-state index in [-0.39, 0.29) is 22.5 Å². The Hall–Kier alpha value is -3.50. The number of allylic oxidation sites excluding steroid dienone is 1. The SMILES string of the molecule is CC(=O)c1ccc(O)c2c1[C@H](C)[C@@H]1C(=C(O)[C@]3(O)C(=O)C(C(N)=O)=C(O)C[C@@H]3[C@H]1O)C2=O. The van der Waals surface area contributed by atoms with Crippen LogP contribution in [0.25, 0.3) is 0 Å². The lowest BCUT2D eigenvalue weighted by atomic mass is 9.56. The van der Waals surface area contributed by atoms with Gasteiger partial charge in [-0.2, -0.15) is 0 Å². The number of phenols is 1. The Kier molecular flexibility index (Phi) is 4.58. The zero-order valence-electron chi connectivity index (χ0n) is 17.1. The molecule has 0 radical (unpaired) electrons. The van der Waals surface area contributed by atoms with E-state index in [0.717, 1.165) is 6.07 Å². The van der Waals surface area contributed by atoms with Crippen molar-refractivity contribution in [3.8, 4) is 5.75 Å². The van der Waals surface area contributed by atoms with Crippen LogP contribution in [0.4, 0.5) is 0 Å². The van der Waals surface area contributed by atoms with Crippen molar-refractivity contribution in [2.24, 2.45) is 17.6 Å². The van der Waals surface area contributed by atoms with Gasteiger partial charge in [0.1, 0.15) is 22.8 Å². The molecule has 0 saturated carbocycles. The number of carbonyl (C=O) groups excluding carboxylic acids is 4. The van der Waals surface area contributed by atoms with Crippen LogP contribution in [0.15, 0.2) is 34.8 Å². The van der Waals surface area contributed by atoms with E-state index in [9.17, 15) is 44.7 Å². The van der Waals surface area contributed by atoms with Gasteiger partial charge in [0.05, 0.1) is 11.7 Å². The molecule has 4 rings (SSSR count). The van der Waals surface area contributed by atoms with Crippen LogP contribution in [0.3, 0.4) is 0 Å². The maximum absolute atomic E-state index is 13.4. The summed E-state index contributed by atoms with van der Waals surface area (Å²) in [5.74, 6) is -9.91. The minimum absolute atomic E-state index is 0.142. The van der Waals surface area contributed by atoms with Gasteiger partial charge in [0.2, 0.25) is 5.78 Å². The van der Waals surface area contributed by atoms with Gasteiger partial charge >= 0.3 is 0 Å². The maximum Gasteiger partial charge on any atom is 0.255 e. The number of fused-ring (bicyclic) bond motifs is 3. The van der Waals surface area contributed by atoms with E-state index < -0.39 is 81.8 Å². The largest absolute Gasteiger partial charge is 0.511 e. The molecule has 10 nitrogen and oxygen atoms in total. The van der Waals surface area contributed by atoms with Crippen LogP contribution < -0.4 is 5.73 Å². The van der Waals surface area contributed by atoms with E-state index >= 15 is 0 Å². The van der Waals surface area contributed by atoms with Gasteiger partial charge in [0, 0.05) is 29.4 Å². The summed E-state index contributed by atoms with van der Waals surface area (Å²) in [6.45, 7) is 2.84. The predicted molar refractivity (Wildman–Crippen MR) is 107 cm³/mol. The number of ketones is 3. The van der Waals surface area contributed by atoms with E-state index in [1.54, 1.807) is 6.92 Å². The van der Waals surface area contributed by atoms with Crippen LogP contribution in [0.2, 0.25) is 0 Å². The third-order valence-electron chi connectivity index (χ3n) is 6.86. The Labute approximate surface area is 181 Å². The number of phenolic OH excluding ortho intramolecular Hbond substituents is 1. The molecular weight excluding hydrogens is 422 g/mol. The molecule has 0 bridgehead atoms. The average Bonchev–Trinajstić information content (AvgIpc) is 2.70. The lowest BCUT2D eigenvalue weighted by Gasteiger charge is -2.50. The van der Waals surface area contributed by atoms with Gasteiger partial charge in [-0.05, 0) is 30.5 Å². The molecule has 10 heteroatoms. The minimum Gasteiger partial charge on any atom is -0.511 e. The fourth-order valence-electron chi connectivity index (χ4n) is 5.38. The van der Waals surface area contributed by atoms with Crippen molar-refractivity contribution in [2.75, 3.05) is 0 Å². The van der Waals surface area contributed by atoms with Crippen molar-refractivity contribution in [1.29, 1.82) is 0 Å². The first-order chi connectivity index (χ1) is 14.8. The number of amides is 1. The summed E-state index contributed by atoms with van der Waals surface area (Å²) >= 11 is 0. The summed E-state index contributed by atoms with van der Waals surface area (Å²) in [6, 6.07) is 2.49. The summed E-state index contributed by atoms with van der Waals surface area (Å²) in [6.07, 6.45) is -2.20. The van der Waals surface area contributed by atoms with E-state index in [0.29, 0.717) is 0 Å². The Morgan fingerprint density at radius 2 is 1.78 bits per heavy atom. The maximum atomic E-state index is 13.4. The van der Waals surface area contributed by atoms with Crippen molar-refractivity contribution in [3.63, 3.8) is 0 Å². The normalized spacial score (nSPS) is 31.8. The molecule has 0 fully saturated rings.